The predicted molar refractivity (Wildman–Crippen MR) is 99.5 cm³/mol. The van der Waals surface area contributed by atoms with E-state index in [0.29, 0.717) is 18.0 Å². The molecule has 1 saturated heterocycles. The molecule has 1 fully saturated rings. The summed E-state index contributed by atoms with van der Waals surface area (Å²) in [7, 11) is 1.89. The molecule has 0 amide bonds. The number of piperidine rings is 1. The van der Waals surface area contributed by atoms with Crippen molar-refractivity contribution in [2.45, 2.75) is 18.9 Å². The number of benzene rings is 1. The summed E-state index contributed by atoms with van der Waals surface area (Å²) in [5.41, 5.74) is 2.93. The van der Waals surface area contributed by atoms with E-state index in [-0.39, 0.29) is 11.9 Å². The van der Waals surface area contributed by atoms with Gasteiger partial charge in [0.15, 0.2) is 0 Å². The van der Waals surface area contributed by atoms with Crippen molar-refractivity contribution in [2.24, 2.45) is 12.0 Å². The monoisotopic (exact) mass is 354 g/mol. The fourth-order valence-electron chi connectivity index (χ4n) is 3.47. The van der Waals surface area contributed by atoms with Crippen molar-refractivity contribution in [3.63, 3.8) is 0 Å². The number of hydrogen-bond acceptors (Lipinski definition) is 4. The largest absolute Gasteiger partial charge is 0.471 e. The maximum Gasteiger partial charge on any atom is 0.219 e. The number of ether oxygens (including phenoxy) is 1. The van der Waals surface area contributed by atoms with Crippen LogP contribution in [0.25, 0.3) is 6.08 Å². The van der Waals surface area contributed by atoms with Crippen LogP contribution < -0.4 is 0 Å². The second kappa shape index (κ2) is 7.41. The molecule has 2 aromatic rings. The summed E-state index contributed by atoms with van der Waals surface area (Å²) in [5, 5.41) is 4.16. The molecule has 0 bridgehead atoms. The number of halogens is 1. The van der Waals surface area contributed by atoms with E-state index in [1.165, 1.54) is 11.6 Å². The van der Waals surface area contributed by atoms with Crippen LogP contribution in [-0.4, -0.2) is 52.9 Å². The molecule has 0 radical (unpaired) electrons. The SMILES string of the molecule is Cn1cc(C2=NCC(CN3CCC(=Cc4ccccc4F)CC3)O2)cn1. The Hall–Kier alpha value is -2.47. The zero-order valence-corrected chi connectivity index (χ0v) is 14.9. The van der Waals surface area contributed by atoms with Crippen molar-refractivity contribution in [1.29, 1.82) is 0 Å². The lowest BCUT2D eigenvalue weighted by molar-refractivity contribution is 0.140. The third-order valence-corrected chi connectivity index (χ3v) is 4.89. The van der Waals surface area contributed by atoms with Gasteiger partial charge in [-0.2, -0.15) is 5.10 Å². The fraction of sp³-hybridized carbons (Fsp3) is 0.400. The molecule has 0 saturated carbocycles. The van der Waals surface area contributed by atoms with Gasteiger partial charge in [0.1, 0.15) is 11.9 Å². The summed E-state index contributed by atoms with van der Waals surface area (Å²) in [5.74, 6) is 0.544. The van der Waals surface area contributed by atoms with Crippen LogP contribution >= 0.6 is 0 Å². The molecule has 26 heavy (non-hydrogen) atoms. The van der Waals surface area contributed by atoms with Gasteiger partial charge in [-0.05, 0) is 18.9 Å². The van der Waals surface area contributed by atoms with Crippen LogP contribution in [0.3, 0.4) is 0 Å². The second-order valence-corrected chi connectivity index (χ2v) is 6.91. The van der Waals surface area contributed by atoms with Gasteiger partial charge >= 0.3 is 0 Å². The molecule has 0 aliphatic carbocycles. The summed E-state index contributed by atoms with van der Waals surface area (Å²) in [6.07, 6.45) is 7.74. The smallest absolute Gasteiger partial charge is 0.219 e. The molecule has 1 aromatic carbocycles. The first-order chi connectivity index (χ1) is 12.7. The molecular weight excluding hydrogens is 331 g/mol. The number of aromatic nitrogens is 2. The molecule has 3 heterocycles. The molecule has 0 spiro atoms. The van der Waals surface area contributed by atoms with Gasteiger partial charge in [-0.3, -0.25) is 9.58 Å². The average Bonchev–Trinajstić information content (AvgIpc) is 3.27. The van der Waals surface area contributed by atoms with E-state index in [9.17, 15) is 4.39 Å². The van der Waals surface area contributed by atoms with E-state index in [1.54, 1.807) is 16.9 Å². The Kier molecular flexibility index (Phi) is 4.84. The van der Waals surface area contributed by atoms with Gasteiger partial charge in [0.25, 0.3) is 0 Å². The Morgan fingerprint density at radius 3 is 2.81 bits per heavy atom. The molecular formula is C20H23FN4O. The first-order valence-corrected chi connectivity index (χ1v) is 9.04. The lowest BCUT2D eigenvalue weighted by atomic mass is 10.0. The van der Waals surface area contributed by atoms with E-state index < -0.39 is 0 Å². The van der Waals surface area contributed by atoms with Gasteiger partial charge in [0, 0.05) is 38.4 Å². The van der Waals surface area contributed by atoms with Crippen molar-refractivity contribution in [2.75, 3.05) is 26.2 Å². The van der Waals surface area contributed by atoms with E-state index in [2.05, 4.69) is 15.0 Å². The molecule has 2 aliphatic heterocycles. The molecule has 5 nitrogen and oxygen atoms in total. The molecule has 4 rings (SSSR count). The average molecular weight is 354 g/mol. The Balaban J connectivity index is 1.28. The minimum atomic E-state index is -0.151. The molecule has 1 atom stereocenters. The van der Waals surface area contributed by atoms with Crippen LogP contribution in [-0.2, 0) is 11.8 Å². The maximum absolute atomic E-state index is 13.8. The van der Waals surface area contributed by atoms with Gasteiger partial charge in [0.05, 0.1) is 18.3 Å². The zero-order valence-electron chi connectivity index (χ0n) is 14.9. The van der Waals surface area contributed by atoms with E-state index in [4.69, 9.17) is 4.74 Å². The third-order valence-electron chi connectivity index (χ3n) is 4.89. The molecule has 6 heteroatoms. The Bertz CT molecular complexity index is 832. The normalized spacial score (nSPS) is 20.8. The highest BCUT2D eigenvalue weighted by atomic mass is 19.1. The summed E-state index contributed by atoms with van der Waals surface area (Å²) in [6.45, 7) is 3.52. The molecule has 136 valence electrons. The Labute approximate surface area is 152 Å². The van der Waals surface area contributed by atoms with Crippen LogP contribution in [0.4, 0.5) is 4.39 Å². The lowest BCUT2D eigenvalue weighted by Crippen LogP contribution is -2.38. The number of rotatable bonds is 4. The quantitative estimate of drug-likeness (QED) is 0.848. The molecule has 0 N–H and O–H groups in total. The highest BCUT2D eigenvalue weighted by Gasteiger charge is 2.25. The van der Waals surface area contributed by atoms with Crippen molar-refractivity contribution >= 4 is 12.0 Å². The summed E-state index contributed by atoms with van der Waals surface area (Å²) in [4.78, 5) is 6.92. The van der Waals surface area contributed by atoms with Gasteiger partial charge in [-0.15, -0.1) is 0 Å². The van der Waals surface area contributed by atoms with Crippen LogP contribution in [0.1, 0.15) is 24.0 Å². The van der Waals surface area contributed by atoms with Gasteiger partial charge < -0.3 is 4.74 Å². The number of nitrogens with zero attached hydrogens (tertiary/aromatic N) is 4. The number of aryl methyl sites for hydroxylation is 1. The third kappa shape index (κ3) is 3.85. The van der Waals surface area contributed by atoms with E-state index in [0.717, 1.165) is 38.0 Å². The summed E-state index contributed by atoms with van der Waals surface area (Å²) >= 11 is 0. The molecule has 1 aromatic heterocycles. The van der Waals surface area contributed by atoms with Crippen molar-refractivity contribution < 1.29 is 9.13 Å². The van der Waals surface area contributed by atoms with Crippen LogP contribution in [0, 0.1) is 5.82 Å². The number of aliphatic imine (C=N–C) groups is 1. The number of hydrogen-bond donors (Lipinski definition) is 0. The number of likely N-dealkylation sites (tertiary alicyclic amines) is 1. The summed E-state index contributed by atoms with van der Waals surface area (Å²) in [6, 6.07) is 6.95. The Morgan fingerprint density at radius 1 is 1.27 bits per heavy atom. The fourth-order valence-corrected chi connectivity index (χ4v) is 3.47. The van der Waals surface area contributed by atoms with Crippen LogP contribution in [0.15, 0.2) is 47.2 Å². The van der Waals surface area contributed by atoms with E-state index >= 15 is 0 Å². The predicted octanol–water partition coefficient (Wildman–Crippen LogP) is 2.88. The molecule has 2 aliphatic rings. The second-order valence-electron chi connectivity index (χ2n) is 6.91. The van der Waals surface area contributed by atoms with Gasteiger partial charge in [-0.25, -0.2) is 9.38 Å². The highest BCUT2D eigenvalue weighted by Crippen LogP contribution is 2.22. The lowest BCUT2D eigenvalue weighted by Gasteiger charge is -2.30. The van der Waals surface area contributed by atoms with Gasteiger partial charge in [0.2, 0.25) is 5.90 Å². The standard InChI is InChI=1S/C20H23FN4O/c1-24-13-17(11-23-24)20-22-12-18(26-20)14-25-8-6-15(7-9-25)10-16-4-2-3-5-19(16)21/h2-5,10-11,13,18H,6-9,12,14H2,1H3. The maximum atomic E-state index is 13.8. The van der Waals surface area contributed by atoms with E-state index in [1.807, 2.05) is 31.5 Å². The minimum absolute atomic E-state index is 0.0994. The van der Waals surface area contributed by atoms with Crippen molar-refractivity contribution in [3.8, 4) is 0 Å². The van der Waals surface area contributed by atoms with Crippen molar-refractivity contribution in [3.05, 3.63) is 59.2 Å². The highest BCUT2D eigenvalue weighted by molar-refractivity contribution is 5.94. The van der Waals surface area contributed by atoms with Gasteiger partial charge in [-0.1, -0.05) is 29.8 Å². The first kappa shape index (κ1) is 17.0. The summed E-state index contributed by atoms with van der Waals surface area (Å²) < 4.78 is 21.5. The van der Waals surface area contributed by atoms with Crippen molar-refractivity contribution in [1.82, 2.24) is 14.7 Å². The first-order valence-electron chi connectivity index (χ1n) is 9.04. The van der Waals surface area contributed by atoms with Crippen LogP contribution in [0.5, 0.6) is 0 Å². The molecule has 1 unspecified atom stereocenters. The zero-order chi connectivity index (χ0) is 17.9. The Morgan fingerprint density at radius 2 is 2.08 bits per heavy atom. The minimum Gasteiger partial charge on any atom is -0.471 e. The van der Waals surface area contributed by atoms with Crippen LogP contribution in [0.2, 0.25) is 0 Å². The topological polar surface area (TPSA) is 42.7 Å².